The van der Waals surface area contributed by atoms with Crippen molar-refractivity contribution >= 4 is 23.6 Å². The summed E-state index contributed by atoms with van der Waals surface area (Å²) in [6, 6.07) is -0.269. The van der Waals surface area contributed by atoms with Gasteiger partial charge >= 0.3 is 0 Å². The Morgan fingerprint density at radius 2 is 1.91 bits per heavy atom. The van der Waals surface area contributed by atoms with E-state index in [1.807, 2.05) is 4.90 Å². The molecule has 6 heteroatoms. The molecule has 2 aliphatic rings. The Morgan fingerprint density at radius 1 is 1.23 bits per heavy atom. The van der Waals surface area contributed by atoms with E-state index < -0.39 is 0 Å². The van der Waals surface area contributed by atoms with Gasteiger partial charge in [0.2, 0.25) is 11.8 Å². The van der Waals surface area contributed by atoms with Crippen molar-refractivity contribution in [1.29, 1.82) is 0 Å². The lowest BCUT2D eigenvalue weighted by Gasteiger charge is -2.26. The predicted octanol–water partition coefficient (Wildman–Crippen LogP) is 1.54. The van der Waals surface area contributed by atoms with Crippen LogP contribution in [-0.4, -0.2) is 65.5 Å². The molecule has 0 aromatic rings. The summed E-state index contributed by atoms with van der Waals surface area (Å²) in [7, 11) is 0. The molecule has 0 aromatic carbocycles. The molecule has 5 nitrogen and oxygen atoms in total. The van der Waals surface area contributed by atoms with E-state index in [1.54, 1.807) is 11.8 Å². The minimum atomic E-state index is -0.269. The fourth-order valence-corrected chi connectivity index (χ4v) is 4.44. The van der Waals surface area contributed by atoms with Crippen molar-refractivity contribution in [3.05, 3.63) is 0 Å². The molecule has 0 unspecified atom stereocenters. The third kappa shape index (κ3) is 4.38. The molecule has 1 saturated carbocycles. The second-order valence-electron chi connectivity index (χ2n) is 6.12. The van der Waals surface area contributed by atoms with Crippen LogP contribution in [0.4, 0.5) is 0 Å². The monoisotopic (exact) mass is 327 g/mol. The first-order chi connectivity index (χ1) is 10.7. The van der Waals surface area contributed by atoms with Gasteiger partial charge in [0, 0.05) is 24.8 Å². The van der Waals surface area contributed by atoms with Gasteiger partial charge in [-0.25, -0.2) is 0 Å². The zero-order valence-electron chi connectivity index (χ0n) is 13.8. The molecule has 2 amide bonds. The van der Waals surface area contributed by atoms with E-state index in [9.17, 15) is 9.59 Å². The highest BCUT2D eigenvalue weighted by Crippen LogP contribution is 2.30. The Balaban J connectivity index is 1.81. The number of likely N-dealkylation sites (N-methyl/N-ethyl adjacent to an activating group) is 1. The van der Waals surface area contributed by atoms with E-state index in [0.29, 0.717) is 12.4 Å². The first kappa shape index (κ1) is 17.6. The standard InChI is InChI=1S/C16H29N3O2S/c1-3-18(4-2)10-9-17-15(20)14-11-22-12-19(14)16(21)13-7-5-6-8-13/h13-14H,3-12H2,1-2H3,(H,17,20)/t14-/m0/s1. The number of carbonyl (C=O) groups is 2. The summed E-state index contributed by atoms with van der Waals surface area (Å²) in [5, 5.41) is 3.01. The molecule has 126 valence electrons. The Labute approximate surface area is 138 Å². The van der Waals surface area contributed by atoms with Crippen molar-refractivity contribution in [2.24, 2.45) is 5.92 Å². The molecule has 1 heterocycles. The zero-order chi connectivity index (χ0) is 15.9. The number of nitrogens with zero attached hydrogens (tertiary/aromatic N) is 2. The molecule has 1 aliphatic carbocycles. The molecule has 0 aromatic heterocycles. The van der Waals surface area contributed by atoms with Crippen molar-refractivity contribution in [3.8, 4) is 0 Å². The lowest BCUT2D eigenvalue weighted by molar-refractivity contribution is -0.141. The maximum absolute atomic E-state index is 12.6. The quantitative estimate of drug-likeness (QED) is 0.771. The average Bonchev–Trinajstić information content (AvgIpc) is 3.22. The van der Waals surface area contributed by atoms with Crippen LogP contribution >= 0.6 is 11.8 Å². The van der Waals surface area contributed by atoms with Crippen LogP contribution in [0.1, 0.15) is 39.5 Å². The fourth-order valence-electron chi connectivity index (χ4n) is 3.28. The van der Waals surface area contributed by atoms with Crippen LogP contribution in [0, 0.1) is 5.92 Å². The van der Waals surface area contributed by atoms with Gasteiger partial charge < -0.3 is 15.1 Å². The first-order valence-corrected chi connectivity index (χ1v) is 9.71. The summed E-state index contributed by atoms with van der Waals surface area (Å²) >= 11 is 1.69. The van der Waals surface area contributed by atoms with E-state index in [1.165, 1.54) is 0 Å². The van der Waals surface area contributed by atoms with E-state index >= 15 is 0 Å². The van der Waals surface area contributed by atoms with Crippen molar-refractivity contribution < 1.29 is 9.59 Å². The maximum atomic E-state index is 12.6. The number of nitrogens with one attached hydrogen (secondary N) is 1. The Kier molecular flexibility index (Phi) is 7.02. The van der Waals surface area contributed by atoms with Crippen LogP contribution in [0.3, 0.4) is 0 Å². The highest BCUT2D eigenvalue weighted by atomic mass is 32.2. The van der Waals surface area contributed by atoms with Gasteiger partial charge in [-0.15, -0.1) is 11.8 Å². The molecule has 1 aliphatic heterocycles. The van der Waals surface area contributed by atoms with Gasteiger partial charge in [0.1, 0.15) is 6.04 Å². The summed E-state index contributed by atoms with van der Waals surface area (Å²) in [5.41, 5.74) is 0. The highest BCUT2D eigenvalue weighted by molar-refractivity contribution is 7.99. The van der Waals surface area contributed by atoms with Crippen LogP contribution in [0.2, 0.25) is 0 Å². The van der Waals surface area contributed by atoms with Gasteiger partial charge in [-0.3, -0.25) is 9.59 Å². The molecular formula is C16H29N3O2S. The smallest absolute Gasteiger partial charge is 0.243 e. The van der Waals surface area contributed by atoms with Crippen LogP contribution in [0.5, 0.6) is 0 Å². The van der Waals surface area contributed by atoms with Crippen molar-refractivity contribution in [2.75, 3.05) is 37.8 Å². The average molecular weight is 327 g/mol. The SMILES string of the molecule is CCN(CC)CCNC(=O)[C@@H]1CSCN1C(=O)C1CCCC1. The number of thioether (sulfide) groups is 1. The molecule has 22 heavy (non-hydrogen) atoms. The van der Waals surface area contributed by atoms with Gasteiger partial charge in [-0.05, 0) is 25.9 Å². The van der Waals surface area contributed by atoms with Crippen LogP contribution in [0.25, 0.3) is 0 Å². The molecule has 1 N–H and O–H groups in total. The first-order valence-electron chi connectivity index (χ1n) is 8.55. The summed E-state index contributed by atoms with van der Waals surface area (Å²) in [6.07, 6.45) is 4.29. The van der Waals surface area contributed by atoms with Gasteiger partial charge in [-0.2, -0.15) is 0 Å². The van der Waals surface area contributed by atoms with Gasteiger partial charge in [0.25, 0.3) is 0 Å². The summed E-state index contributed by atoms with van der Waals surface area (Å²) in [6.45, 7) is 7.78. The van der Waals surface area contributed by atoms with Gasteiger partial charge in [0.05, 0.1) is 5.88 Å². The molecular weight excluding hydrogens is 298 g/mol. The minimum Gasteiger partial charge on any atom is -0.353 e. The molecule has 2 fully saturated rings. The third-order valence-electron chi connectivity index (χ3n) is 4.79. The van der Waals surface area contributed by atoms with Crippen LogP contribution in [0.15, 0.2) is 0 Å². The lowest BCUT2D eigenvalue weighted by Crippen LogP contribution is -2.49. The summed E-state index contributed by atoms with van der Waals surface area (Å²) in [4.78, 5) is 29.1. The summed E-state index contributed by atoms with van der Waals surface area (Å²) in [5.74, 6) is 1.78. The van der Waals surface area contributed by atoms with E-state index in [2.05, 4.69) is 24.1 Å². The molecule has 0 radical (unpaired) electrons. The molecule has 1 atom stereocenters. The van der Waals surface area contributed by atoms with Gasteiger partial charge in [-0.1, -0.05) is 26.7 Å². The minimum absolute atomic E-state index is 0.0171. The topological polar surface area (TPSA) is 52.7 Å². The molecule has 2 rings (SSSR count). The number of hydrogen-bond donors (Lipinski definition) is 1. The van der Waals surface area contributed by atoms with Gasteiger partial charge in [0.15, 0.2) is 0 Å². The molecule has 1 saturated heterocycles. The molecule has 0 bridgehead atoms. The largest absolute Gasteiger partial charge is 0.353 e. The predicted molar refractivity (Wildman–Crippen MR) is 90.7 cm³/mol. The number of carbonyl (C=O) groups excluding carboxylic acids is 2. The second kappa shape index (κ2) is 8.77. The van der Waals surface area contributed by atoms with Crippen molar-refractivity contribution in [2.45, 2.75) is 45.6 Å². The third-order valence-corrected chi connectivity index (χ3v) is 5.81. The lowest BCUT2D eigenvalue weighted by atomic mass is 10.1. The number of rotatable bonds is 7. The fraction of sp³-hybridized carbons (Fsp3) is 0.875. The molecule has 0 spiro atoms. The number of amides is 2. The Morgan fingerprint density at radius 3 is 2.55 bits per heavy atom. The van der Waals surface area contributed by atoms with E-state index in [-0.39, 0.29) is 23.8 Å². The summed E-state index contributed by atoms with van der Waals surface area (Å²) < 4.78 is 0. The van der Waals surface area contributed by atoms with Crippen molar-refractivity contribution in [1.82, 2.24) is 15.1 Å². The Hall–Kier alpha value is -0.750. The van der Waals surface area contributed by atoms with Crippen LogP contribution in [-0.2, 0) is 9.59 Å². The zero-order valence-corrected chi connectivity index (χ0v) is 14.7. The highest BCUT2D eigenvalue weighted by Gasteiger charge is 2.38. The number of hydrogen-bond acceptors (Lipinski definition) is 4. The Bertz CT molecular complexity index is 382. The van der Waals surface area contributed by atoms with Crippen LogP contribution < -0.4 is 5.32 Å². The van der Waals surface area contributed by atoms with Crippen molar-refractivity contribution in [3.63, 3.8) is 0 Å². The second-order valence-corrected chi connectivity index (χ2v) is 7.12. The van der Waals surface area contributed by atoms with E-state index in [0.717, 1.165) is 51.1 Å². The normalized spacial score (nSPS) is 22.5. The van der Waals surface area contributed by atoms with E-state index in [4.69, 9.17) is 0 Å². The maximum Gasteiger partial charge on any atom is 0.243 e.